The van der Waals surface area contributed by atoms with Crippen molar-refractivity contribution in [1.82, 2.24) is 19.5 Å². The number of imidazole rings is 1. The highest BCUT2D eigenvalue weighted by atomic mass is 35.5. The molecule has 0 spiro atoms. The molecule has 0 unspecified atom stereocenters. The van der Waals surface area contributed by atoms with E-state index in [2.05, 4.69) is 14.9 Å². The third-order valence-corrected chi connectivity index (χ3v) is 7.34. The number of nitrogens with zero attached hydrogens (tertiary/aromatic N) is 4. The SMILES string of the molecule is NC(=O)C1CCC(n2c(Nc3cccc(F)c3Cl)nc3cnc(CC4CCOCC4)nc32)CC1. The Balaban J connectivity index is 1.51. The minimum Gasteiger partial charge on any atom is -0.381 e. The van der Waals surface area contributed by atoms with Crippen LogP contribution in [0, 0.1) is 17.7 Å². The van der Waals surface area contributed by atoms with Crippen molar-refractivity contribution in [2.75, 3.05) is 18.5 Å². The summed E-state index contributed by atoms with van der Waals surface area (Å²) in [6.07, 6.45) is 7.50. The Morgan fingerprint density at radius 2 is 1.94 bits per heavy atom. The van der Waals surface area contributed by atoms with Crippen molar-refractivity contribution >= 4 is 40.3 Å². The van der Waals surface area contributed by atoms with E-state index in [0.29, 0.717) is 35.9 Å². The molecule has 1 aliphatic carbocycles. The van der Waals surface area contributed by atoms with Gasteiger partial charge < -0.3 is 15.8 Å². The number of benzene rings is 1. The first-order valence-corrected chi connectivity index (χ1v) is 12.2. The molecule has 0 bridgehead atoms. The molecule has 10 heteroatoms. The number of aromatic nitrogens is 4. The second-order valence-corrected chi connectivity index (χ2v) is 9.57. The van der Waals surface area contributed by atoms with Gasteiger partial charge in [0.2, 0.25) is 11.9 Å². The second-order valence-electron chi connectivity index (χ2n) is 9.19. The Morgan fingerprint density at radius 1 is 1.18 bits per heavy atom. The lowest BCUT2D eigenvalue weighted by Gasteiger charge is -2.29. The zero-order valence-corrected chi connectivity index (χ0v) is 19.6. The molecule has 1 aromatic carbocycles. The number of anilines is 2. The van der Waals surface area contributed by atoms with Crippen LogP contribution < -0.4 is 11.1 Å². The van der Waals surface area contributed by atoms with E-state index in [1.165, 1.54) is 6.07 Å². The number of nitrogens with one attached hydrogen (secondary N) is 1. The lowest BCUT2D eigenvalue weighted by molar-refractivity contribution is -0.122. The topological polar surface area (TPSA) is 108 Å². The van der Waals surface area contributed by atoms with E-state index in [4.69, 9.17) is 32.0 Å². The average molecular weight is 487 g/mol. The van der Waals surface area contributed by atoms with E-state index in [-0.39, 0.29) is 22.9 Å². The summed E-state index contributed by atoms with van der Waals surface area (Å²) in [5, 5.41) is 3.21. The van der Waals surface area contributed by atoms with Gasteiger partial charge in [-0.2, -0.15) is 0 Å². The van der Waals surface area contributed by atoms with Gasteiger partial charge in [-0.1, -0.05) is 17.7 Å². The maximum atomic E-state index is 14.1. The number of halogens is 2. The van der Waals surface area contributed by atoms with E-state index in [1.54, 1.807) is 18.3 Å². The monoisotopic (exact) mass is 486 g/mol. The van der Waals surface area contributed by atoms with Crippen LogP contribution in [0.4, 0.5) is 16.0 Å². The molecule has 3 heterocycles. The highest BCUT2D eigenvalue weighted by molar-refractivity contribution is 6.33. The van der Waals surface area contributed by atoms with Crippen molar-refractivity contribution in [1.29, 1.82) is 0 Å². The number of primary amides is 1. The van der Waals surface area contributed by atoms with Gasteiger partial charge >= 0.3 is 0 Å². The molecule has 0 atom stereocenters. The number of rotatable bonds is 6. The fourth-order valence-corrected chi connectivity index (χ4v) is 5.18. The highest BCUT2D eigenvalue weighted by Crippen LogP contribution is 2.38. The zero-order valence-electron chi connectivity index (χ0n) is 18.8. The fourth-order valence-electron chi connectivity index (χ4n) is 5.01. The predicted molar refractivity (Wildman–Crippen MR) is 127 cm³/mol. The van der Waals surface area contributed by atoms with Crippen LogP contribution in [0.3, 0.4) is 0 Å². The first-order valence-electron chi connectivity index (χ1n) is 11.8. The molecule has 1 saturated carbocycles. The van der Waals surface area contributed by atoms with Crippen LogP contribution >= 0.6 is 11.6 Å². The second kappa shape index (κ2) is 9.84. The largest absolute Gasteiger partial charge is 0.381 e. The molecule has 8 nitrogen and oxygen atoms in total. The number of fused-ring (bicyclic) bond motifs is 1. The summed E-state index contributed by atoms with van der Waals surface area (Å²) >= 11 is 6.20. The van der Waals surface area contributed by atoms with Gasteiger partial charge in [0, 0.05) is 31.6 Å². The molecule has 180 valence electrons. The lowest BCUT2D eigenvalue weighted by Crippen LogP contribution is -2.28. The van der Waals surface area contributed by atoms with Crippen LogP contribution in [0.5, 0.6) is 0 Å². The van der Waals surface area contributed by atoms with Gasteiger partial charge in [0.25, 0.3) is 0 Å². The van der Waals surface area contributed by atoms with Crippen molar-refractivity contribution in [3.63, 3.8) is 0 Å². The zero-order chi connectivity index (χ0) is 23.7. The number of amides is 1. The fraction of sp³-hybridized carbons (Fsp3) is 0.500. The van der Waals surface area contributed by atoms with Gasteiger partial charge in [0.15, 0.2) is 5.65 Å². The normalized spacial score (nSPS) is 21.6. The molecular formula is C24H28ClFN6O2. The van der Waals surface area contributed by atoms with Gasteiger partial charge in [-0.05, 0) is 56.6 Å². The average Bonchev–Trinajstić information content (AvgIpc) is 3.20. The molecule has 34 heavy (non-hydrogen) atoms. The molecule has 0 radical (unpaired) electrons. The number of carbonyl (C=O) groups is 1. The van der Waals surface area contributed by atoms with Crippen molar-refractivity contribution in [2.45, 2.75) is 51.0 Å². The van der Waals surface area contributed by atoms with Gasteiger partial charge in [0.1, 0.15) is 17.2 Å². The van der Waals surface area contributed by atoms with E-state index >= 15 is 0 Å². The van der Waals surface area contributed by atoms with Crippen molar-refractivity contribution in [3.8, 4) is 0 Å². The molecule has 3 aromatic rings. The molecule has 1 amide bonds. The number of hydrogen-bond acceptors (Lipinski definition) is 6. The van der Waals surface area contributed by atoms with E-state index in [1.807, 2.05) is 0 Å². The first-order chi connectivity index (χ1) is 16.5. The third-order valence-electron chi connectivity index (χ3n) is 6.96. The van der Waals surface area contributed by atoms with E-state index < -0.39 is 5.82 Å². The van der Waals surface area contributed by atoms with Gasteiger partial charge in [0.05, 0.1) is 16.9 Å². The van der Waals surface area contributed by atoms with Crippen LogP contribution in [0.2, 0.25) is 5.02 Å². The predicted octanol–water partition coefficient (Wildman–Crippen LogP) is 4.55. The summed E-state index contributed by atoms with van der Waals surface area (Å²) in [4.78, 5) is 25.9. The molecular weight excluding hydrogens is 459 g/mol. The van der Waals surface area contributed by atoms with Gasteiger partial charge in [-0.25, -0.2) is 19.3 Å². The Labute approximate surface area is 202 Å². The summed E-state index contributed by atoms with van der Waals surface area (Å²) in [6.45, 7) is 1.55. The Bertz CT molecular complexity index is 1190. The molecule has 3 N–H and O–H groups in total. The molecule has 1 saturated heterocycles. The number of ether oxygens (including phenoxy) is 1. The molecule has 2 fully saturated rings. The molecule has 5 rings (SSSR count). The molecule has 2 aromatic heterocycles. The van der Waals surface area contributed by atoms with Crippen LogP contribution in [-0.4, -0.2) is 38.6 Å². The molecule has 2 aliphatic rings. The summed E-state index contributed by atoms with van der Waals surface area (Å²) in [5.74, 6) is 0.940. The number of hydrogen-bond donors (Lipinski definition) is 2. The Morgan fingerprint density at radius 3 is 2.68 bits per heavy atom. The first kappa shape index (κ1) is 23.0. The maximum absolute atomic E-state index is 14.1. The maximum Gasteiger partial charge on any atom is 0.220 e. The van der Waals surface area contributed by atoms with Crippen LogP contribution in [0.1, 0.15) is 50.4 Å². The summed E-state index contributed by atoms with van der Waals surface area (Å²) in [7, 11) is 0. The van der Waals surface area contributed by atoms with Crippen molar-refractivity contribution in [2.24, 2.45) is 17.6 Å². The van der Waals surface area contributed by atoms with Crippen LogP contribution in [0.25, 0.3) is 11.2 Å². The molecule has 1 aliphatic heterocycles. The van der Waals surface area contributed by atoms with E-state index in [0.717, 1.165) is 56.8 Å². The third kappa shape index (κ3) is 4.72. The minimum atomic E-state index is -0.505. The lowest BCUT2D eigenvalue weighted by atomic mass is 9.85. The quantitative estimate of drug-likeness (QED) is 0.529. The standard InChI is InChI=1S/C24H28ClFN6O2/c25-21-17(26)2-1-3-18(21)29-24-30-19-13-28-20(12-14-8-10-34-11-9-14)31-23(19)32(24)16-6-4-15(5-7-16)22(27)33/h1-3,13-16H,4-12H2,(H2,27,33)(H,29,30). The Hall–Kier alpha value is -2.78. The van der Waals surface area contributed by atoms with Crippen molar-refractivity contribution < 1.29 is 13.9 Å². The van der Waals surface area contributed by atoms with Crippen molar-refractivity contribution in [3.05, 3.63) is 41.1 Å². The summed E-state index contributed by atoms with van der Waals surface area (Å²) < 4.78 is 21.6. The van der Waals surface area contributed by atoms with Crippen LogP contribution in [0.15, 0.2) is 24.4 Å². The highest BCUT2D eigenvalue weighted by Gasteiger charge is 2.29. The minimum absolute atomic E-state index is 0.00448. The smallest absolute Gasteiger partial charge is 0.220 e. The number of nitrogens with two attached hydrogens (primary N) is 1. The van der Waals surface area contributed by atoms with E-state index in [9.17, 15) is 9.18 Å². The summed E-state index contributed by atoms with van der Waals surface area (Å²) in [6, 6.07) is 4.69. The Kier molecular flexibility index (Phi) is 6.65. The number of carbonyl (C=O) groups excluding carboxylic acids is 1. The van der Waals surface area contributed by atoms with Gasteiger partial charge in [-0.3, -0.25) is 9.36 Å². The van der Waals surface area contributed by atoms with Crippen LogP contribution in [-0.2, 0) is 16.0 Å². The van der Waals surface area contributed by atoms with Gasteiger partial charge in [-0.15, -0.1) is 0 Å². The summed E-state index contributed by atoms with van der Waals surface area (Å²) in [5.41, 5.74) is 7.36.